The fourth-order valence-electron chi connectivity index (χ4n) is 2.80. The van der Waals surface area contributed by atoms with Crippen LogP contribution in [0.15, 0.2) is 60.7 Å². The third-order valence-electron chi connectivity index (χ3n) is 4.53. The van der Waals surface area contributed by atoms with Crippen LogP contribution in [0.1, 0.15) is 28.4 Å². The lowest BCUT2D eigenvalue weighted by Gasteiger charge is -2.16. The highest BCUT2D eigenvalue weighted by Crippen LogP contribution is 2.21. The second-order valence-electron chi connectivity index (χ2n) is 6.31. The average molecular weight is 347 g/mol. The maximum Gasteiger partial charge on any atom is 0.339 e. The molecule has 0 saturated carbocycles. The Morgan fingerprint density at radius 2 is 1.62 bits per heavy atom. The predicted octanol–water partition coefficient (Wildman–Crippen LogP) is 4.64. The quantitative estimate of drug-likeness (QED) is 0.700. The average Bonchev–Trinajstić information content (AvgIpc) is 2.64. The topological polar surface area (TPSA) is 55.4 Å². The second kappa shape index (κ2) is 7.40. The zero-order valence-corrected chi connectivity index (χ0v) is 15.1. The van der Waals surface area contributed by atoms with E-state index in [0.29, 0.717) is 5.56 Å². The molecule has 0 radical (unpaired) electrons. The van der Waals surface area contributed by atoms with Crippen LogP contribution in [0, 0.1) is 13.8 Å². The second-order valence-corrected chi connectivity index (χ2v) is 6.31. The Balaban J connectivity index is 1.74. The molecule has 0 fully saturated rings. The first-order valence-electron chi connectivity index (χ1n) is 8.53. The van der Waals surface area contributed by atoms with Crippen molar-refractivity contribution in [2.45, 2.75) is 26.9 Å². The van der Waals surface area contributed by atoms with Crippen molar-refractivity contribution < 1.29 is 14.3 Å². The maximum absolute atomic E-state index is 12.5. The van der Waals surface area contributed by atoms with E-state index in [9.17, 15) is 9.59 Å². The molecule has 3 aromatic rings. The fourth-order valence-corrected chi connectivity index (χ4v) is 2.80. The molecule has 132 valence electrons. The van der Waals surface area contributed by atoms with Crippen LogP contribution in [0.25, 0.3) is 10.8 Å². The Hall–Kier alpha value is -3.14. The third kappa shape index (κ3) is 3.59. The van der Waals surface area contributed by atoms with Crippen LogP contribution < -0.4 is 5.32 Å². The molecule has 1 N–H and O–H groups in total. The highest BCUT2D eigenvalue weighted by Gasteiger charge is 2.20. The lowest BCUT2D eigenvalue weighted by atomic mass is 10.0. The fraction of sp³-hybridized carbons (Fsp3) is 0.182. The number of esters is 1. The van der Waals surface area contributed by atoms with Gasteiger partial charge in [-0.3, -0.25) is 4.79 Å². The van der Waals surface area contributed by atoms with Gasteiger partial charge in [0.2, 0.25) is 0 Å². The molecule has 0 heterocycles. The monoisotopic (exact) mass is 347 g/mol. The smallest absolute Gasteiger partial charge is 0.339 e. The SMILES string of the molecule is Cc1cccc(NC(=O)[C@@H](C)OC(=O)c2cccc3ccccc23)c1C. The summed E-state index contributed by atoms with van der Waals surface area (Å²) in [7, 11) is 0. The van der Waals surface area contributed by atoms with Gasteiger partial charge in [-0.1, -0.05) is 48.5 Å². The van der Waals surface area contributed by atoms with Crippen molar-refractivity contribution in [2.24, 2.45) is 0 Å². The summed E-state index contributed by atoms with van der Waals surface area (Å²) >= 11 is 0. The van der Waals surface area contributed by atoms with Gasteiger partial charge in [-0.2, -0.15) is 0 Å². The van der Waals surface area contributed by atoms with Gasteiger partial charge in [0.05, 0.1) is 5.56 Å². The first-order valence-corrected chi connectivity index (χ1v) is 8.53. The number of aryl methyl sites for hydroxylation is 1. The Kier molecular flexibility index (Phi) is 5.03. The van der Waals surface area contributed by atoms with Crippen LogP contribution in [-0.2, 0) is 9.53 Å². The van der Waals surface area contributed by atoms with Crippen LogP contribution in [0.4, 0.5) is 5.69 Å². The van der Waals surface area contributed by atoms with Crippen molar-refractivity contribution in [1.29, 1.82) is 0 Å². The van der Waals surface area contributed by atoms with E-state index in [4.69, 9.17) is 4.74 Å². The number of hydrogen-bond acceptors (Lipinski definition) is 3. The van der Waals surface area contributed by atoms with Gasteiger partial charge >= 0.3 is 5.97 Å². The standard InChI is InChI=1S/C22H21NO3/c1-14-8-6-13-20(15(14)2)23-21(24)16(3)26-22(25)19-12-7-10-17-9-4-5-11-18(17)19/h4-13,16H,1-3H3,(H,23,24)/t16-/m1/s1. The Morgan fingerprint density at radius 1 is 0.923 bits per heavy atom. The van der Waals surface area contributed by atoms with Gasteiger partial charge in [0.15, 0.2) is 6.10 Å². The lowest BCUT2D eigenvalue weighted by molar-refractivity contribution is -0.123. The summed E-state index contributed by atoms with van der Waals surface area (Å²) in [4.78, 5) is 25.0. The van der Waals surface area contributed by atoms with Gasteiger partial charge in [-0.25, -0.2) is 4.79 Å². The molecule has 0 unspecified atom stereocenters. The minimum Gasteiger partial charge on any atom is -0.449 e. The molecule has 4 nitrogen and oxygen atoms in total. The van der Waals surface area contributed by atoms with E-state index in [-0.39, 0.29) is 5.91 Å². The van der Waals surface area contributed by atoms with Crippen molar-refractivity contribution in [3.63, 3.8) is 0 Å². The minimum absolute atomic E-state index is 0.354. The number of nitrogens with one attached hydrogen (secondary N) is 1. The molecule has 0 aliphatic heterocycles. The van der Waals surface area contributed by atoms with Crippen molar-refractivity contribution in [2.75, 3.05) is 5.32 Å². The predicted molar refractivity (Wildman–Crippen MR) is 103 cm³/mol. The van der Waals surface area contributed by atoms with E-state index in [0.717, 1.165) is 27.6 Å². The number of rotatable bonds is 4. The van der Waals surface area contributed by atoms with Crippen molar-refractivity contribution in [3.05, 3.63) is 77.4 Å². The summed E-state index contributed by atoms with van der Waals surface area (Å²) in [6.07, 6.45) is -0.901. The summed E-state index contributed by atoms with van der Waals surface area (Å²) in [6.45, 7) is 5.50. The molecule has 1 amide bonds. The molecule has 0 spiro atoms. The Bertz CT molecular complexity index is 973. The number of hydrogen-bond donors (Lipinski definition) is 1. The third-order valence-corrected chi connectivity index (χ3v) is 4.53. The molecule has 0 bridgehead atoms. The number of anilines is 1. The molecule has 0 aromatic heterocycles. The molecule has 3 rings (SSSR count). The number of fused-ring (bicyclic) bond motifs is 1. The molecule has 26 heavy (non-hydrogen) atoms. The number of benzene rings is 3. The minimum atomic E-state index is -0.901. The molecule has 1 atom stereocenters. The van der Waals surface area contributed by atoms with Gasteiger partial charge < -0.3 is 10.1 Å². The van der Waals surface area contributed by atoms with Crippen LogP contribution >= 0.6 is 0 Å². The summed E-state index contributed by atoms with van der Waals surface area (Å²) < 4.78 is 5.40. The van der Waals surface area contributed by atoms with Gasteiger partial charge in [-0.15, -0.1) is 0 Å². The highest BCUT2D eigenvalue weighted by molar-refractivity contribution is 6.05. The molecular formula is C22H21NO3. The van der Waals surface area contributed by atoms with Gasteiger partial charge in [0.1, 0.15) is 0 Å². The molecular weight excluding hydrogens is 326 g/mol. The van der Waals surface area contributed by atoms with Crippen LogP contribution in [0.2, 0.25) is 0 Å². The molecule has 0 saturated heterocycles. The van der Waals surface area contributed by atoms with E-state index in [2.05, 4.69) is 5.32 Å². The van der Waals surface area contributed by atoms with Gasteiger partial charge in [0.25, 0.3) is 5.91 Å². The lowest BCUT2D eigenvalue weighted by Crippen LogP contribution is -2.30. The number of ether oxygens (including phenoxy) is 1. The molecule has 0 aliphatic rings. The summed E-state index contributed by atoms with van der Waals surface area (Å²) in [5, 5.41) is 4.59. The summed E-state index contributed by atoms with van der Waals surface area (Å²) in [6, 6.07) is 18.7. The van der Waals surface area contributed by atoms with E-state index in [1.54, 1.807) is 19.1 Å². The number of carbonyl (C=O) groups is 2. The first kappa shape index (κ1) is 17.7. The normalized spacial score (nSPS) is 11.8. The van der Waals surface area contributed by atoms with Crippen LogP contribution in [0.5, 0.6) is 0 Å². The molecule has 4 heteroatoms. The van der Waals surface area contributed by atoms with Crippen molar-refractivity contribution >= 4 is 28.3 Å². The van der Waals surface area contributed by atoms with Gasteiger partial charge in [0, 0.05) is 5.69 Å². The summed E-state index contributed by atoms with van der Waals surface area (Å²) in [5.74, 6) is -0.863. The highest BCUT2D eigenvalue weighted by atomic mass is 16.5. The van der Waals surface area contributed by atoms with E-state index >= 15 is 0 Å². The van der Waals surface area contributed by atoms with Crippen molar-refractivity contribution in [1.82, 2.24) is 0 Å². The van der Waals surface area contributed by atoms with Crippen molar-refractivity contribution in [3.8, 4) is 0 Å². The molecule has 3 aromatic carbocycles. The van der Waals surface area contributed by atoms with E-state index in [1.807, 2.05) is 62.4 Å². The summed E-state index contributed by atoms with van der Waals surface area (Å²) in [5.41, 5.74) is 3.26. The maximum atomic E-state index is 12.5. The number of amides is 1. The molecule has 0 aliphatic carbocycles. The van der Waals surface area contributed by atoms with Crippen LogP contribution in [0.3, 0.4) is 0 Å². The Morgan fingerprint density at radius 3 is 2.42 bits per heavy atom. The largest absolute Gasteiger partial charge is 0.449 e. The van der Waals surface area contributed by atoms with E-state index in [1.165, 1.54) is 0 Å². The van der Waals surface area contributed by atoms with Crippen LogP contribution in [-0.4, -0.2) is 18.0 Å². The first-order chi connectivity index (χ1) is 12.5. The zero-order chi connectivity index (χ0) is 18.7. The number of carbonyl (C=O) groups excluding carboxylic acids is 2. The zero-order valence-electron chi connectivity index (χ0n) is 15.1. The van der Waals surface area contributed by atoms with E-state index < -0.39 is 12.1 Å². The van der Waals surface area contributed by atoms with Gasteiger partial charge in [-0.05, 0) is 54.8 Å². The Labute approximate surface area is 152 Å².